The predicted molar refractivity (Wildman–Crippen MR) is 74.3 cm³/mol. The van der Waals surface area contributed by atoms with Gasteiger partial charge in [0.25, 0.3) is 0 Å². The third kappa shape index (κ3) is 3.08. The van der Waals surface area contributed by atoms with E-state index < -0.39 is 5.97 Å². The smallest absolute Gasteiger partial charge is 0.335 e. The second kappa shape index (κ2) is 6.19. The van der Waals surface area contributed by atoms with E-state index in [0.717, 1.165) is 5.69 Å². The molecular formula is C14H20N2O4. The van der Waals surface area contributed by atoms with E-state index >= 15 is 0 Å². The molecule has 1 aromatic rings. The maximum absolute atomic E-state index is 11.2. The molecule has 0 aliphatic carbocycles. The molecule has 0 radical (unpaired) electrons. The number of aliphatic hydroxyl groups is 1. The van der Waals surface area contributed by atoms with Crippen LogP contribution in [0.15, 0.2) is 12.1 Å². The molecule has 0 aromatic carbocycles. The van der Waals surface area contributed by atoms with Crippen molar-refractivity contribution in [1.29, 1.82) is 0 Å². The van der Waals surface area contributed by atoms with Crippen LogP contribution < -0.4 is 4.90 Å². The van der Waals surface area contributed by atoms with E-state index in [2.05, 4.69) is 4.98 Å². The van der Waals surface area contributed by atoms with Crippen molar-refractivity contribution in [2.24, 2.45) is 0 Å². The number of morpholine rings is 1. The maximum atomic E-state index is 11.2. The summed E-state index contributed by atoms with van der Waals surface area (Å²) in [5.41, 5.74) is 0.963. The molecule has 1 fully saturated rings. The standard InChI is InChI=1S/C14H20N2O4/c1-9(2)12-5-10(14(18)19)6-13(15-12)16-3-4-20-8-11(16)7-17/h5-6,9,11,17H,3-4,7-8H2,1-2H3,(H,18,19). The van der Waals surface area contributed by atoms with Gasteiger partial charge in [-0.25, -0.2) is 9.78 Å². The van der Waals surface area contributed by atoms with Crippen molar-refractivity contribution in [3.8, 4) is 0 Å². The summed E-state index contributed by atoms with van der Waals surface area (Å²) in [6.45, 7) is 5.47. The van der Waals surface area contributed by atoms with Crippen LogP contribution in [-0.4, -0.2) is 53.6 Å². The summed E-state index contributed by atoms with van der Waals surface area (Å²) in [5.74, 6) is -0.234. The van der Waals surface area contributed by atoms with E-state index in [1.54, 1.807) is 12.1 Å². The Labute approximate surface area is 118 Å². The minimum absolute atomic E-state index is 0.0456. The van der Waals surface area contributed by atoms with E-state index in [1.807, 2.05) is 18.7 Å². The van der Waals surface area contributed by atoms with Gasteiger partial charge in [-0.15, -0.1) is 0 Å². The summed E-state index contributed by atoms with van der Waals surface area (Å²) >= 11 is 0. The van der Waals surface area contributed by atoms with E-state index in [1.165, 1.54) is 0 Å². The normalized spacial score (nSPS) is 19.4. The van der Waals surface area contributed by atoms with Crippen LogP contribution in [0.5, 0.6) is 0 Å². The van der Waals surface area contributed by atoms with Crippen molar-refractivity contribution in [3.63, 3.8) is 0 Å². The topological polar surface area (TPSA) is 82.9 Å². The Morgan fingerprint density at radius 3 is 2.90 bits per heavy atom. The number of pyridine rings is 1. The van der Waals surface area contributed by atoms with Gasteiger partial charge in [-0.3, -0.25) is 0 Å². The number of carbonyl (C=O) groups is 1. The van der Waals surface area contributed by atoms with Gasteiger partial charge in [0.05, 0.1) is 31.4 Å². The summed E-state index contributed by atoms with van der Waals surface area (Å²) in [4.78, 5) is 17.7. The second-order valence-corrected chi connectivity index (χ2v) is 5.20. The molecule has 2 heterocycles. The minimum Gasteiger partial charge on any atom is -0.478 e. The fourth-order valence-electron chi connectivity index (χ4n) is 2.21. The summed E-state index contributed by atoms with van der Waals surface area (Å²) < 4.78 is 5.33. The first-order valence-corrected chi connectivity index (χ1v) is 6.73. The lowest BCUT2D eigenvalue weighted by atomic mass is 10.1. The number of ether oxygens (including phenoxy) is 1. The fraction of sp³-hybridized carbons (Fsp3) is 0.571. The van der Waals surface area contributed by atoms with Gasteiger partial charge in [0, 0.05) is 12.2 Å². The van der Waals surface area contributed by atoms with E-state index in [4.69, 9.17) is 4.74 Å². The van der Waals surface area contributed by atoms with Crippen molar-refractivity contribution < 1.29 is 19.7 Å². The first kappa shape index (κ1) is 14.7. The Morgan fingerprint density at radius 1 is 1.55 bits per heavy atom. The zero-order valence-corrected chi connectivity index (χ0v) is 11.7. The largest absolute Gasteiger partial charge is 0.478 e. The average Bonchev–Trinajstić information content (AvgIpc) is 2.46. The molecule has 1 aromatic heterocycles. The monoisotopic (exact) mass is 280 g/mol. The van der Waals surface area contributed by atoms with Gasteiger partial charge in [0.15, 0.2) is 0 Å². The summed E-state index contributed by atoms with van der Waals surface area (Å²) in [6.07, 6.45) is 0. The van der Waals surface area contributed by atoms with Crippen molar-refractivity contribution in [3.05, 3.63) is 23.4 Å². The summed E-state index contributed by atoms with van der Waals surface area (Å²) in [7, 11) is 0. The number of anilines is 1. The zero-order valence-electron chi connectivity index (χ0n) is 11.7. The Bertz CT molecular complexity index is 490. The SMILES string of the molecule is CC(C)c1cc(C(=O)O)cc(N2CCOCC2CO)n1. The van der Waals surface area contributed by atoms with Crippen LogP contribution in [0, 0.1) is 0 Å². The van der Waals surface area contributed by atoms with Gasteiger partial charge in [0.1, 0.15) is 5.82 Å². The molecule has 1 aliphatic rings. The average molecular weight is 280 g/mol. The third-order valence-electron chi connectivity index (χ3n) is 3.40. The quantitative estimate of drug-likeness (QED) is 0.859. The lowest BCUT2D eigenvalue weighted by Gasteiger charge is -2.35. The zero-order chi connectivity index (χ0) is 14.7. The molecule has 20 heavy (non-hydrogen) atoms. The van der Waals surface area contributed by atoms with Gasteiger partial charge >= 0.3 is 5.97 Å². The molecule has 0 bridgehead atoms. The number of carboxylic acid groups (broad SMARTS) is 1. The number of nitrogens with zero attached hydrogens (tertiary/aromatic N) is 2. The van der Waals surface area contributed by atoms with E-state index in [-0.39, 0.29) is 24.1 Å². The number of rotatable bonds is 4. The molecule has 6 heteroatoms. The Hall–Kier alpha value is -1.66. The van der Waals surface area contributed by atoms with Crippen LogP contribution in [0.2, 0.25) is 0 Å². The van der Waals surface area contributed by atoms with Crippen LogP contribution in [0.3, 0.4) is 0 Å². The number of aromatic nitrogens is 1. The maximum Gasteiger partial charge on any atom is 0.335 e. The van der Waals surface area contributed by atoms with Gasteiger partial charge in [-0.05, 0) is 18.1 Å². The van der Waals surface area contributed by atoms with Crippen molar-refractivity contribution in [2.45, 2.75) is 25.8 Å². The summed E-state index contributed by atoms with van der Waals surface area (Å²) in [6, 6.07) is 2.98. The molecule has 2 N–H and O–H groups in total. The molecule has 0 spiro atoms. The molecule has 110 valence electrons. The van der Waals surface area contributed by atoms with Crippen LogP contribution in [0.25, 0.3) is 0 Å². The molecule has 0 saturated carbocycles. The fourth-order valence-corrected chi connectivity index (χ4v) is 2.21. The predicted octanol–water partition coefficient (Wildman–Crippen LogP) is 1.10. The highest BCUT2D eigenvalue weighted by Crippen LogP contribution is 2.23. The molecule has 6 nitrogen and oxygen atoms in total. The molecule has 2 rings (SSSR count). The van der Waals surface area contributed by atoms with Crippen LogP contribution in [0.1, 0.15) is 35.8 Å². The highest BCUT2D eigenvalue weighted by Gasteiger charge is 2.25. The first-order valence-electron chi connectivity index (χ1n) is 6.73. The Balaban J connectivity index is 2.40. The summed E-state index contributed by atoms with van der Waals surface area (Å²) in [5, 5.41) is 18.6. The molecule has 1 unspecified atom stereocenters. The van der Waals surface area contributed by atoms with Crippen LogP contribution in [-0.2, 0) is 4.74 Å². The third-order valence-corrected chi connectivity index (χ3v) is 3.40. The van der Waals surface area contributed by atoms with E-state index in [9.17, 15) is 15.0 Å². The number of hydrogen-bond acceptors (Lipinski definition) is 5. The van der Waals surface area contributed by atoms with Gasteiger partial charge < -0.3 is 19.8 Å². The lowest BCUT2D eigenvalue weighted by molar-refractivity contribution is 0.0695. The highest BCUT2D eigenvalue weighted by atomic mass is 16.5. The van der Waals surface area contributed by atoms with Gasteiger partial charge in [0.2, 0.25) is 0 Å². The van der Waals surface area contributed by atoms with Crippen LogP contribution in [0.4, 0.5) is 5.82 Å². The van der Waals surface area contributed by atoms with Crippen molar-refractivity contribution in [2.75, 3.05) is 31.3 Å². The van der Waals surface area contributed by atoms with Gasteiger partial charge in [-0.2, -0.15) is 0 Å². The lowest BCUT2D eigenvalue weighted by Crippen LogP contribution is -2.48. The molecule has 1 atom stereocenters. The van der Waals surface area contributed by atoms with Crippen molar-refractivity contribution >= 4 is 11.8 Å². The van der Waals surface area contributed by atoms with Crippen molar-refractivity contribution in [1.82, 2.24) is 4.98 Å². The number of aromatic carboxylic acids is 1. The molecule has 1 saturated heterocycles. The number of hydrogen-bond donors (Lipinski definition) is 2. The number of aliphatic hydroxyl groups excluding tert-OH is 1. The number of carboxylic acids is 1. The second-order valence-electron chi connectivity index (χ2n) is 5.20. The molecule has 0 amide bonds. The molecular weight excluding hydrogens is 260 g/mol. The van der Waals surface area contributed by atoms with E-state index in [0.29, 0.717) is 25.6 Å². The van der Waals surface area contributed by atoms with Gasteiger partial charge in [-0.1, -0.05) is 13.8 Å². The molecule has 1 aliphatic heterocycles. The Kier molecular flexibility index (Phi) is 4.57. The first-order chi connectivity index (χ1) is 9.52. The highest BCUT2D eigenvalue weighted by molar-refractivity contribution is 5.88. The van der Waals surface area contributed by atoms with Crippen LogP contribution >= 0.6 is 0 Å². The Morgan fingerprint density at radius 2 is 2.30 bits per heavy atom. The minimum atomic E-state index is -0.968.